The maximum atomic E-state index is 12.4. The lowest BCUT2D eigenvalue weighted by atomic mass is 10.0. The summed E-state index contributed by atoms with van der Waals surface area (Å²) in [5, 5.41) is 10.7. The molecule has 2 aromatic heterocycles. The van der Waals surface area contributed by atoms with Gasteiger partial charge >= 0.3 is 5.63 Å². The van der Waals surface area contributed by atoms with Crippen LogP contribution in [0.4, 0.5) is 0 Å². The molecule has 0 bridgehead atoms. The highest BCUT2D eigenvalue weighted by molar-refractivity contribution is 7.71. The van der Waals surface area contributed by atoms with E-state index in [9.17, 15) is 9.59 Å². The third-order valence-electron chi connectivity index (χ3n) is 5.23. The number of carbonyl (C=O) groups is 1. The number of nitrogens with zero attached hydrogens (tertiary/aromatic N) is 2. The molecule has 1 amide bonds. The number of fused-ring (bicyclic) bond motifs is 1. The van der Waals surface area contributed by atoms with Gasteiger partial charge in [-0.25, -0.2) is 4.79 Å². The van der Waals surface area contributed by atoms with E-state index in [4.69, 9.17) is 21.4 Å². The number of aryl methyl sites for hydroxylation is 1. The summed E-state index contributed by atoms with van der Waals surface area (Å²) in [6.45, 7) is 2.17. The van der Waals surface area contributed by atoms with Gasteiger partial charge in [0.1, 0.15) is 11.3 Å². The van der Waals surface area contributed by atoms with Crippen LogP contribution in [0.1, 0.15) is 42.3 Å². The van der Waals surface area contributed by atoms with Crippen molar-refractivity contribution in [2.75, 3.05) is 7.11 Å². The van der Waals surface area contributed by atoms with Crippen molar-refractivity contribution in [3.63, 3.8) is 0 Å². The van der Waals surface area contributed by atoms with E-state index in [0.717, 1.165) is 29.6 Å². The molecule has 4 rings (SSSR count). The summed E-state index contributed by atoms with van der Waals surface area (Å²) in [4.78, 5) is 24.7. The van der Waals surface area contributed by atoms with Crippen LogP contribution in [-0.4, -0.2) is 27.8 Å². The summed E-state index contributed by atoms with van der Waals surface area (Å²) in [5.41, 5.74) is 1.38. The number of carbonyl (C=O) groups excluding carboxylic acids is 1. The minimum atomic E-state index is -0.425. The van der Waals surface area contributed by atoms with E-state index in [1.807, 2.05) is 23.6 Å². The van der Waals surface area contributed by atoms with Crippen LogP contribution in [-0.2, 0) is 17.8 Å². The molecule has 2 heterocycles. The Bertz CT molecular complexity index is 1190. The van der Waals surface area contributed by atoms with Gasteiger partial charge in [0.15, 0.2) is 10.6 Å². The van der Waals surface area contributed by atoms with Crippen molar-refractivity contribution in [2.24, 2.45) is 0 Å². The summed E-state index contributed by atoms with van der Waals surface area (Å²) in [5.74, 6) is 1.19. The summed E-state index contributed by atoms with van der Waals surface area (Å²) < 4.78 is 13.2. The monoisotopic (exact) mass is 414 g/mol. The molecule has 0 saturated heterocycles. The lowest BCUT2D eigenvalue weighted by Crippen LogP contribution is -2.25. The predicted molar refractivity (Wildman–Crippen MR) is 110 cm³/mol. The van der Waals surface area contributed by atoms with Crippen molar-refractivity contribution in [3.8, 4) is 5.75 Å². The van der Waals surface area contributed by atoms with Gasteiger partial charge in [0, 0.05) is 29.5 Å². The molecule has 29 heavy (non-hydrogen) atoms. The van der Waals surface area contributed by atoms with E-state index >= 15 is 0 Å². The Hall–Kier alpha value is -2.94. The number of rotatable bonds is 7. The second kappa shape index (κ2) is 7.82. The summed E-state index contributed by atoms with van der Waals surface area (Å²) in [6.07, 6.45) is 2.65. The maximum Gasteiger partial charge on any atom is 0.339 e. The van der Waals surface area contributed by atoms with Gasteiger partial charge in [-0.2, -0.15) is 5.10 Å². The van der Waals surface area contributed by atoms with E-state index in [1.54, 1.807) is 13.2 Å². The van der Waals surface area contributed by atoms with Gasteiger partial charge < -0.3 is 14.5 Å². The number of H-pyrrole nitrogens is 1. The van der Waals surface area contributed by atoms with Crippen molar-refractivity contribution >= 4 is 29.1 Å². The number of aromatic nitrogens is 3. The first-order chi connectivity index (χ1) is 14.0. The molecule has 2 N–H and O–H groups in total. The fraction of sp³-hybridized carbons (Fsp3) is 0.400. The topological polar surface area (TPSA) is 102 Å². The van der Waals surface area contributed by atoms with E-state index in [2.05, 4.69) is 15.5 Å². The van der Waals surface area contributed by atoms with Crippen molar-refractivity contribution < 1.29 is 13.9 Å². The van der Waals surface area contributed by atoms with Gasteiger partial charge in [0.05, 0.1) is 13.7 Å². The Morgan fingerprint density at radius 2 is 2.24 bits per heavy atom. The Kier molecular flexibility index (Phi) is 5.23. The zero-order chi connectivity index (χ0) is 20.5. The summed E-state index contributed by atoms with van der Waals surface area (Å²) >= 11 is 5.25. The number of hydrogen-bond donors (Lipinski definition) is 2. The lowest BCUT2D eigenvalue weighted by molar-refractivity contribution is -0.121. The molecule has 0 aliphatic heterocycles. The minimum Gasteiger partial charge on any atom is -0.497 e. The average molecular weight is 414 g/mol. The van der Waals surface area contributed by atoms with Gasteiger partial charge in [0.2, 0.25) is 5.91 Å². The minimum absolute atomic E-state index is 0.158. The number of aromatic amines is 1. The summed E-state index contributed by atoms with van der Waals surface area (Å²) in [6, 6.07) is 5.75. The van der Waals surface area contributed by atoms with Crippen LogP contribution in [0.15, 0.2) is 27.4 Å². The number of ether oxygens (including phenoxy) is 1. The first-order valence-electron chi connectivity index (χ1n) is 9.50. The van der Waals surface area contributed by atoms with Crippen molar-refractivity contribution in [1.82, 2.24) is 20.1 Å². The Morgan fingerprint density at radius 1 is 1.45 bits per heavy atom. The van der Waals surface area contributed by atoms with Gasteiger partial charge in [-0.1, -0.05) is 0 Å². The second-order valence-electron chi connectivity index (χ2n) is 7.18. The SMILES string of the molecule is COc1ccc2c(C)c(CCC(=O)NCc3n[nH]c(=S)n3C3CC3)c(=O)oc2c1. The molecule has 152 valence electrons. The van der Waals surface area contributed by atoms with E-state index in [-0.39, 0.29) is 12.3 Å². The van der Waals surface area contributed by atoms with Crippen LogP contribution in [0, 0.1) is 11.7 Å². The molecular formula is C20H22N4O4S. The molecule has 0 unspecified atom stereocenters. The number of hydrogen-bond acceptors (Lipinski definition) is 6. The zero-order valence-electron chi connectivity index (χ0n) is 16.3. The average Bonchev–Trinajstić information content (AvgIpc) is 3.47. The molecule has 1 aromatic carbocycles. The van der Waals surface area contributed by atoms with Crippen LogP contribution in [0.25, 0.3) is 11.0 Å². The first kappa shape index (κ1) is 19.4. The highest BCUT2D eigenvalue weighted by Crippen LogP contribution is 2.35. The molecule has 8 nitrogen and oxygen atoms in total. The molecule has 1 aliphatic rings. The smallest absolute Gasteiger partial charge is 0.339 e. The fourth-order valence-electron chi connectivity index (χ4n) is 3.47. The molecule has 0 atom stereocenters. The molecular weight excluding hydrogens is 392 g/mol. The molecule has 0 spiro atoms. The zero-order valence-corrected chi connectivity index (χ0v) is 17.1. The number of nitrogens with one attached hydrogen (secondary N) is 2. The van der Waals surface area contributed by atoms with Crippen LogP contribution in [0.3, 0.4) is 0 Å². The summed E-state index contributed by atoms with van der Waals surface area (Å²) in [7, 11) is 1.56. The van der Waals surface area contributed by atoms with Gasteiger partial charge in [-0.3, -0.25) is 14.5 Å². The van der Waals surface area contributed by atoms with Crippen molar-refractivity contribution in [2.45, 2.75) is 45.2 Å². The third kappa shape index (κ3) is 3.95. The number of methoxy groups -OCH3 is 1. The van der Waals surface area contributed by atoms with E-state index in [0.29, 0.717) is 40.7 Å². The Labute approximate surface area is 171 Å². The first-order valence-corrected chi connectivity index (χ1v) is 9.91. The molecule has 1 saturated carbocycles. The molecule has 9 heteroatoms. The highest BCUT2D eigenvalue weighted by Gasteiger charge is 2.27. The van der Waals surface area contributed by atoms with Crippen LogP contribution < -0.4 is 15.7 Å². The Balaban J connectivity index is 1.43. The lowest BCUT2D eigenvalue weighted by Gasteiger charge is -2.09. The second-order valence-corrected chi connectivity index (χ2v) is 7.56. The van der Waals surface area contributed by atoms with Crippen molar-refractivity contribution in [1.29, 1.82) is 0 Å². The van der Waals surface area contributed by atoms with Gasteiger partial charge in [-0.05, 0) is 56.1 Å². The quantitative estimate of drug-likeness (QED) is 0.455. The predicted octanol–water partition coefficient (Wildman–Crippen LogP) is 2.95. The largest absolute Gasteiger partial charge is 0.497 e. The third-order valence-corrected chi connectivity index (χ3v) is 5.52. The van der Waals surface area contributed by atoms with Gasteiger partial charge in [0.25, 0.3) is 0 Å². The maximum absolute atomic E-state index is 12.4. The van der Waals surface area contributed by atoms with E-state index in [1.165, 1.54) is 0 Å². The van der Waals surface area contributed by atoms with E-state index < -0.39 is 5.63 Å². The standard InChI is InChI=1S/C20H22N4O4S/c1-11-14-6-5-13(27-2)9-16(14)28-19(26)15(11)7-8-18(25)21-10-17-22-23-20(29)24(17)12-3-4-12/h5-6,9,12H,3-4,7-8,10H2,1-2H3,(H,21,25)(H,23,29). The molecule has 1 aliphatic carbocycles. The van der Waals surface area contributed by atoms with Crippen LogP contribution >= 0.6 is 12.2 Å². The Morgan fingerprint density at radius 3 is 2.97 bits per heavy atom. The highest BCUT2D eigenvalue weighted by atomic mass is 32.1. The van der Waals surface area contributed by atoms with Gasteiger partial charge in [-0.15, -0.1) is 0 Å². The number of benzene rings is 1. The molecule has 0 radical (unpaired) electrons. The van der Waals surface area contributed by atoms with Crippen LogP contribution in [0.5, 0.6) is 5.75 Å². The number of amides is 1. The normalized spacial score (nSPS) is 13.6. The van der Waals surface area contributed by atoms with Crippen LogP contribution in [0.2, 0.25) is 0 Å². The molecule has 1 fully saturated rings. The molecule has 3 aromatic rings. The van der Waals surface area contributed by atoms with Crippen molar-refractivity contribution in [3.05, 3.63) is 50.3 Å². The fourth-order valence-corrected chi connectivity index (χ4v) is 3.77.